The third kappa shape index (κ3) is 38.0. The van der Waals surface area contributed by atoms with Gasteiger partial charge in [-0.3, -0.25) is 13.8 Å². The van der Waals surface area contributed by atoms with Crippen LogP contribution in [0.25, 0.3) is 0 Å². The number of allylic oxidation sites excluding steroid dienone is 8. The average molecular weight is 1010 g/mol. The number of rotatable bonds is 49. The molecule has 0 amide bonds. The van der Waals surface area contributed by atoms with E-state index in [1.54, 1.807) is 0 Å². The summed E-state index contributed by atoms with van der Waals surface area (Å²) in [6, 6.07) is 0. The molecule has 1 saturated carbocycles. The summed E-state index contributed by atoms with van der Waals surface area (Å²) in [6.45, 7) is 4.19. The Kier molecular flexibility index (Phi) is 44.6. The highest BCUT2D eigenvalue weighted by Crippen LogP contribution is 2.47. The smallest absolute Gasteiger partial charge is 0.457 e. The molecule has 0 spiro atoms. The number of phosphoric acid groups is 1. The molecule has 1 rings (SSSR count). The molecule has 0 aliphatic heterocycles. The van der Waals surface area contributed by atoms with E-state index in [1.165, 1.54) is 148 Å². The zero-order chi connectivity index (χ0) is 51.2. The maximum atomic E-state index is 12.9. The number of ether oxygens (including phenoxy) is 2. The minimum atomic E-state index is -5.03. The molecule has 1 fully saturated rings. The Morgan fingerprint density at radius 3 is 1.29 bits per heavy atom. The summed E-state index contributed by atoms with van der Waals surface area (Å²) in [5, 5.41) is 50.4. The number of aliphatic hydroxyl groups excluding tert-OH is 5. The van der Waals surface area contributed by atoms with Crippen LogP contribution in [0.15, 0.2) is 48.6 Å². The maximum Gasteiger partial charge on any atom is 0.472 e. The molecule has 1 aliphatic rings. The first-order valence-corrected chi connectivity index (χ1v) is 30.0. The molecule has 6 unspecified atom stereocenters. The third-order valence-electron chi connectivity index (χ3n) is 13.2. The van der Waals surface area contributed by atoms with Crippen molar-refractivity contribution in [3.05, 3.63) is 48.6 Å². The van der Waals surface area contributed by atoms with Gasteiger partial charge in [-0.2, -0.15) is 0 Å². The molecule has 0 radical (unpaired) electrons. The Morgan fingerprint density at radius 2 is 0.843 bits per heavy atom. The summed E-state index contributed by atoms with van der Waals surface area (Å²) < 4.78 is 34.4. The van der Waals surface area contributed by atoms with Crippen LogP contribution in [0.4, 0.5) is 0 Å². The molecule has 410 valence electrons. The van der Waals surface area contributed by atoms with E-state index < -0.39 is 63.1 Å². The fourth-order valence-corrected chi connectivity index (χ4v) is 9.73. The van der Waals surface area contributed by atoms with Crippen LogP contribution in [-0.2, 0) is 27.9 Å². The Labute approximate surface area is 426 Å². The topological polar surface area (TPSA) is 192 Å². The highest BCUT2D eigenvalue weighted by Gasteiger charge is 2.51. The Balaban J connectivity index is 2.29. The second kappa shape index (κ2) is 47.0. The lowest BCUT2D eigenvalue weighted by Gasteiger charge is -2.41. The predicted molar refractivity (Wildman–Crippen MR) is 286 cm³/mol. The molecule has 0 bridgehead atoms. The summed E-state index contributed by atoms with van der Waals surface area (Å²) in [5.74, 6) is -0.478. The van der Waals surface area contributed by atoms with Gasteiger partial charge in [-0.05, 0) is 51.4 Å². The molecule has 0 aromatic carbocycles. The minimum absolute atomic E-state index is 0.0758. The van der Waals surface area contributed by atoms with Crippen LogP contribution < -0.4 is 0 Å². The van der Waals surface area contributed by atoms with E-state index in [4.69, 9.17) is 18.5 Å². The molecule has 70 heavy (non-hydrogen) atoms. The van der Waals surface area contributed by atoms with Gasteiger partial charge < -0.3 is 39.9 Å². The molecule has 0 heterocycles. The third-order valence-corrected chi connectivity index (χ3v) is 14.2. The van der Waals surface area contributed by atoms with Crippen molar-refractivity contribution in [1.29, 1.82) is 0 Å². The van der Waals surface area contributed by atoms with Crippen molar-refractivity contribution in [2.24, 2.45) is 0 Å². The number of phosphoric ester groups is 1. The molecule has 0 aromatic rings. The minimum Gasteiger partial charge on any atom is -0.457 e. The number of unbranched alkanes of at least 4 members (excludes halogenated alkanes) is 29. The van der Waals surface area contributed by atoms with E-state index in [0.29, 0.717) is 13.0 Å². The van der Waals surface area contributed by atoms with Crippen molar-refractivity contribution in [3.63, 3.8) is 0 Å². The van der Waals surface area contributed by atoms with E-state index in [-0.39, 0.29) is 13.0 Å². The lowest BCUT2D eigenvalue weighted by atomic mass is 9.85. The first kappa shape index (κ1) is 66.3. The summed E-state index contributed by atoms with van der Waals surface area (Å²) in [5.41, 5.74) is 0. The van der Waals surface area contributed by atoms with Crippen LogP contribution in [-0.4, -0.2) is 98.9 Å². The van der Waals surface area contributed by atoms with Crippen LogP contribution in [0.5, 0.6) is 0 Å². The van der Waals surface area contributed by atoms with Gasteiger partial charge in [-0.25, -0.2) is 4.57 Å². The van der Waals surface area contributed by atoms with E-state index in [0.717, 1.165) is 70.6 Å². The standard InChI is InChI=1S/C57H105O12P/c1-3-5-7-9-11-13-15-17-19-21-23-25-26-27-28-30-32-34-36-38-40-42-44-46-51(58)68-50(49-67-70(64,65)69-57-55(62)53(60)52(59)54(61)56(57)63)48-66-47-45-43-41-39-37-35-33-31-29-24-22-20-18-16-14-12-10-8-6-4-2/h5,7,11,13,17,19,23,25,50,52-57,59-63H,3-4,6,8-10,12,14-16,18,20-22,24,26-49H2,1-2H3,(H,64,65)/b7-5-,13-11-,19-17-,25-23-. The highest BCUT2D eigenvalue weighted by molar-refractivity contribution is 7.47. The first-order chi connectivity index (χ1) is 34.0. The van der Waals surface area contributed by atoms with Gasteiger partial charge in [0.05, 0.1) is 13.2 Å². The van der Waals surface area contributed by atoms with Crippen LogP contribution in [0.3, 0.4) is 0 Å². The fraction of sp³-hybridized carbons (Fsp3) is 0.842. The van der Waals surface area contributed by atoms with Gasteiger partial charge in [0.25, 0.3) is 0 Å². The summed E-state index contributed by atoms with van der Waals surface area (Å²) >= 11 is 0. The lowest BCUT2D eigenvalue weighted by Crippen LogP contribution is -2.64. The van der Waals surface area contributed by atoms with Gasteiger partial charge in [-0.15, -0.1) is 0 Å². The van der Waals surface area contributed by atoms with E-state index in [9.17, 15) is 39.8 Å². The zero-order valence-electron chi connectivity index (χ0n) is 44.3. The molecule has 13 heteroatoms. The molecule has 6 atom stereocenters. The second-order valence-corrected chi connectivity index (χ2v) is 21.2. The summed E-state index contributed by atoms with van der Waals surface area (Å²) in [6.07, 6.45) is 47.5. The molecule has 6 N–H and O–H groups in total. The highest BCUT2D eigenvalue weighted by atomic mass is 31.2. The number of carbonyl (C=O) groups excluding carboxylic acids is 1. The number of esters is 1. The molecular formula is C57H105O12P. The number of aliphatic hydroxyl groups is 5. The van der Waals surface area contributed by atoms with Crippen LogP contribution in [0.2, 0.25) is 0 Å². The summed E-state index contributed by atoms with van der Waals surface area (Å²) in [4.78, 5) is 23.3. The number of carbonyl (C=O) groups is 1. The fourth-order valence-electron chi connectivity index (χ4n) is 8.76. The predicted octanol–water partition coefficient (Wildman–Crippen LogP) is 13.5. The lowest BCUT2D eigenvalue weighted by molar-refractivity contribution is -0.220. The monoisotopic (exact) mass is 1010 g/mol. The van der Waals surface area contributed by atoms with Crippen LogP contribution in [0, 0.1) is 0 Å². The summed E-state index contributed by atoms with van der Waals surface area (Å²) in [7, 11) is -5.03. The van der Waals surface area contributed by atoms with Gasteiger partial charge in [0.2, 0.25) is 0 Å². The molecule has 12 nitrogen and oxygen atoms in total. The molecule has 0 saturated heterocycles. The number of hydrogen-bond donors (Lipinski definition) is 6. The van der Waals surface area contributed by atoms with Gasteiger partial charge in [0.15, 0.2) is 0 Å². The SMILES string of the molecule is CC/C=C\C/C=C\C/C=C\C/C=C\CCCCCCCCCCCCC(=O)OC(COCCCCCCCCCCCCCCCCCCCCCC)COP(=O)(O)OC1C(O)C(O)C(O)C(O)C1O. The first-order valence-electron chi connectivity index (χ1n) is 28.5. The Morgan fingerprint density at radius 1 is 0.471 bits per heavy atom. The van der Waals surface area contributed by atoms with Gasteiger partial charge in [0, 0.05) is 13.0 Å². The largest absolute Gasteiger partial charge is 0.472 e. The van der Waals surface area contributed by atoms with Crippen molar-refractivity contribution in [2.45, 2.75) is 288 Å². The maximum absolute atomic E-state index is 12.9. The van der Waals surface area contributed by atoms with Crippen LogP contribution in [0.1, 0.15) is 245 Å². The van der Waals surface area contributed by atoms with Crippen molar-refractivity contribution >= 4 is 13.8 Å². The molecule has 1 aliphatic carbocycles. The normalized spacial score (nSPS) is 21.2. The Bertz CT molecular complexity index is 1340. The second-order valence-electron chi connectivity index (χ2n) is 19.8. The quantitative estimate of drug-likeness (QED) is 0.0146. The van der Waals surface area contributed by atoms with Crippen molar-refractivity contribution in [2.75, 3.05) is 19.8 Å². The number of hydrogen-bond acceptors (Lipinski definition) is 11. The van der Waals surface area contributed by atoms with Crippen molar-refractivity contribution in [3.8, 4) is 0 Å². The molecular weight excluding hydrogens is 908 g/mol. The van der Waals surface area contributed by atoms with Gasteiger partial charge >= 0.3 is 13.8 Å². The average Bonchev–Trinajstić information content (AvgIpc) is 3.35. The van der Waals surface area contributed by atoms with E-state index in [2.05, 4.69) is 62.5 Å². The Hall–Kier alpha value is -1.70. The van der Waals surface area contributed by atoms with Gasteiger partial charge in [0.1, 0.15) is 42.7 Å². The van der Waals surface area contributed by atoms with Crippen LogP contribution >= 0.6 is 7.82 Å². The molecule has 0 aromatic heterocycles. The zero-order valence-corrected chi connectivity index (χ0v) is 45.2. The van der Waals surface area contributed by atoms with E-state index in [1.807, 2.05) is 0 Å². The van der Waals surface area contributed by atoms with Gasteiger partial charge in [-0.1, -0.05) is 236 Å². The van der Waals surface area contributed by atoms with Crippen molar-refractivity contribution < 1.29 is 58.3 Å². The van der Waals surface area contributed by atoms with E-state index >= 15 is 0 Å². The van der Waals surface area contributed by atoms with Crippen molar-refractivity contribution in [1.82, 2.24) is 0 Å².